The predicted octanol–water partition coefficient (Wildman–Crippen LogP) is 4.85. The Balaban J connectivity index is 1.79. The maximum absolute atomic E-state index is 13.6. The fraction of sp³-hybridized carbons (Fsp3) is 0.185. The van der Waals surface area contributed by atoms with Crippen molar-refractivity contribution in [2.45, 2.75) is 20.4 Å². The van der Waals surface area contributed by atoms with Crippen molar-refractivity contribution in [2.24, 2.45) is 0 Å². The lowest BCUT2D eigenvalue weighted by Gasteiger charge is -2.16. The molecule has 174 valence electrons. The van der Waals surface area contributed by atoms with Crippen LogP contribution in [0.5, 0.6) is 11.5 Å². The van der Waals surface area contributed by atoms with E-state index in [0.717, 1.165) is 11.1 Å². The molecule has 1 N–H and O–H groups in total. The summed E-state index contributed by atoms with van der Waals surface area (Å²) in [5.41, 5.74) is 4.23. The van der Waals surface area contributed by atoms with Crippen LogP contribution in [0.3, 0.4) is 0 Å². The van der Waals surface area contributed by atoms with Crippen LogP contribution in [-0.4, -0.2) is 30.9 Å². The zero-order valence-corrected chi connectivity index (χ0v) is 19.4. The van der Waals surface area contributed by atoms with Gasteiger partial charge < -0.3 is 14.8 Å². The molecule has 0 radical (unpaired) electrons. The standard InChI is InChI=1S/C27H25FN2O4/c1-16-5-10-23(17(2)11-16)24-25(29-20-12-21(33-3)14-22(13-20)34-4)27(32)30(26(24)31)15-18-6-8-19(28)9-7-18/h5-14,29H,15H2,1-4H3. The van der Waals surface area contributed by atoms with Gasteiger partial charge in [-0.05, 0) is 42.7 Å². The Bertz CT molecular complexity index is 1280. The number of ether oxygens (including phenoxy) is 2. The minimum Gasteiger partial charge on any atom is -0.497 e. The number of nitrogens with zero attached hydrogens (tertiary/aromatic N) is 1. The summed E-state index contributed by atoms with van der Waals surface area (Å²) in [7, 11) is 3.07. The molecule has 0 aromatic heterocycles. The van der Waals surface area contributed by atoms with Crippen LogP contribution in [0.15, 0.2) is 66.4 Å². The number of anilines is 1. The zero-order chi connectivity index (χ0) is 24.4. The minimum absolute atomic E-state index is 0.0268. The van der Waals surface area contributed by atoms with Gasteiger partial charge in [-0.3, -0.25) is 14.5 Å². The lowest BCUT2D eigenvalue weighted by Crippen LogP contribution is -2.32. The van der Waals surface area contributed by atoms with E-state index in [4.69, 9.17) is 9.47 Å². The molecule has 0 spiro atoms. The van der Waals surface area contributed by atoms with Crippen molar-refractivity contribution in [3.05, 3.63) is 94.4 Å². The van der Waals surface area contributed by atoms with Gasteiger partial charge in [-0.25, -0.2) is 4.39 Å². The molecular formula is C27H25FN2O4. The van der Waals surface area contributed by atoms with Crippen molar-refractivity contribution < 1.29 is 23.5 Å². The molecule has 1 aliphatic heterocycles. The SMILES string of the molecule is COc1cc(NC2=C(c3ccc(C)cc3C)C(=O)N(Cc3ccc(F)cc3)C2=O)cc(OC)c1. The van der Waals surface area contributed by atoms with Crippen LogP contribution in [0, 0.1) is 19.7 Å². The largest absolute Gasteiger partial charge is 0.497 e. The molecule has 2 amide bonds. The Morgan fingerprint density at radius 2 is 1.50 bits per heavy atom. The topological polar surface area (TPSA) is 67.9 Å². The number of benzene rings is 3. The average Bonchev–Trinajstić information content (AvgIpc) is 3.04. The van der Waals surface area contributed by atoms with E-state index < -0.39 is 11.8 Å². The highest BCUT2D eigenvalue weighted by Gasteiger charge is 2.39. The summed E-state index contributed by atoms with van der Waals surface area (Å²) in [6, 6.07) is 16.6. The monoisotopic (exact) mass is 460 g/mol. The van der Waals surface area contributed by atoms with Gasteiger partial charge >= 0.3 is 0 Å². The second kappa shape index (κ2) is 9.39. The highest BCUT2D eigenvalue weighted by Crippen LogP contribution is 2.35. The van der Waals surface area contributed by atoms with Crippen LogP contribution in [0.4, 0.5) is 10.1 Å². The first-order valence-corrected chi connectivity index (χ1v) is 10.7. The second-order valence-corrected chi connectivity index (χ2v) is 8.12. The van der Waals surface area contributed by atoms with E-state index in [9.17, 15) is 14.0 Å². The number of aryl methyl sites for hydroxylation is 2. The number of amides is 2. The molecule has 1 aliphatic rings. The second-order valence-electron chi connectivity index (χ2n) is 8.12. The molecule has 0 saturated carbocycles. The third-order valence-corrected chi connectivity index (χ3v) is 5.69. The number of rotatable bonds is 7. The van der Waals surface area contributed by atoms with Crippen molar-refractivity contribution in [1.82, 2.24) is 4.90 Å². The summed E-state index contributed by atoms with van der Waals surface area (Å²) in [5, 5.41) is 3.13. The number of methoxy groups -OCH3 is 2. The van der Waals surface area contributed by atoms with E-state index >= 15 is 0 Å². The highest BCUT2D eigenvalue weighted by molar-refractivity contribution is 6.36. The first-order chi connectivity index (χ1) is 16.3. The van der Waals surface area contributed by atoms with Crippen molar-refractivity contribution >= 4 is 23.1 Å². The molecule has 0 atom stereocenters. The van der Waals surface area contributed by atoms with Crippen LogP contribution >= 0.6 is 0 Å². The maximum atomic E-state index is 13.6. The number of nitrogens with one attached hydrogen (secondary N) is 1. The molecule has 3 aromatic carbocycles. The summed E-state index contributed by atoms with van der Waals surface area (Å²) in [4.78, 5) is 28.2. The molecule has 4 rings (SSSR count). The lowest BCUT2D eigenvalue weighted by molar-refractivity contribution is -0.137. The van der Waals surface area contributed by atoms with E-state index in [0.29, 0.717) is 28.3 Å². The highest BCUT2D eigenvalue weighted by atomic mass is 19.1. The Morgan fingerprint density at radius 1 is 0.853 bits per heavy atom. The van der Waals surface area contributed by atoms with Crippen molar-refractivity contribution in [1.29, 1.82) is 0 Å². The average molecular weight is 461 g/mol. The van der Waals surface area contributed by atoms with Gasteiger partial charge in [-0.1, -0.05) is 35.9 Å². The number of hydrogen-bond donors (Lipinski definition) is 1. The molecule has 0 saturated heterocycles. The summed E-state index contributed by atoms with van der Waals surface area (Å²) >= 11 is 0. The Morgan fingerprint density at radius 3 is 2.09 bits per heavy atom. The number of carbonyl (C=O) groups is 2. The third kappa shape index (κ3) is 4.50. The van der Waals surface area contributed by atoms with Gasteiger partial charge in [-0.15, -0.1) is 0 Å². The number of halogens is 1. The molecule has 0 bridgehead atoms. The predicted molar refractivity (Wildman–Crippen MR) is 128 cm³/mol. The van der Waals surface area contributed by atoms with Gasteiger partial charge in [0.05, 0.1) is 26.3 Å². The molecule has 6 nitrogen and oxygen atoms in total. The summed E-state index contributed by atoms with van der Waals surface area (Å²) < 4.78 is 24.0. The van der Waals surface area contributed by atoms with Crippen molar-refractivity contribution in [3.63, 3.8) is 0 Å². The molecule has 0 aliphatic carbocycles. The van der Waals surface area contributed by atoms with Crippen LogP contribution in [0.1, 0.15) is 22.3 Å². The van der Waals surface area contributed by atoms with Gasteiger partial charge in [0.1, 0.15) is 23.0 Å². The fourth-order valence-electron chi connectivity index (χ4n) is 3.98. The number of carbonyl (C=O) groups excluding carboxylic acids is 2. The first kappa shape index (κ1) is 23.0. The molecule has 0 unspecified atom stereocenters. The quantitative estimate of drug-likeness (QED) is 0.511. The Hall–Kier alpha value is -4.13. The van der Waals surface area contributed by atoms with Gasteiger partial charge in [-0.2, -0.15) is 0 Å². The first-order valence-electron chi connectivity index (χ1n) is 10.7. The molecule has 0 fully saturated rings. The third-order valence-electron chi connectivity index (χ3n) is 5.69. The smallest absolute Gasteiger partial charge is 0.278 e. The number of imide groups is 1. The lowest BCUT2D eigenvalue weighted by atomic mass is 9.97. The van der Waals surface area contributed by atoms with Crippen LogP contribution < -0.4 is 14.8 Å². The van der Waals surface area contributed by atoms with Crippen LogP contribution in [0.2, 0.25) is 0 Å². The molecule has 34 heavy (non-hydrogen) atoms. The maximum Gasteiger partial charge on any atom is 0.278 e. The normalized spacial score (nSPS) is 13.5. The van der Waals surface area contributed by atoms with E-state index in [2.05, 4.69) is 5.32 Å². The number of hydrogen-bond acceptors (Lipinski definition) is 5. The minimum atomic E-state index is -0.467. The fourth-order valence-corrected chi connectivity index (χ4v) is 3.98. The Kier molecular flexibility index (Phi) is 6.36. The van der Waals surface area contributed by atoms with Crippen molar-refractivity contribution in [2.75, 3.05) is 19.5 Å². The van der Waals surface area contributed by atoms with Crippen molar-refractivity contribution in [3.8, 4) is 11.5 Å². The molecule has 3 aromatic rings. The molecule has 1 heterocycles. The van der Waals surface area contributed by atoms with E-state index in [1.807, 2.05) is 32.0 Å². The molecular weight excluding hydrogens is 435 g/mol. The van der Waals surface area contributed by atoms with E-state index in [1.54, 1.807) is 30.3 Å². The molecule has 7 heteroatoms. The van der Waals surface area contributed by atoms with Gasteiger partial charge in [0.15, 0.2) is 0 Å². The van der Waals surface area contributed by atoms with Gasteiger partial charge in [0.2, 0.25) is 0 Å². The zero-order valence-electron chi connectivity index (χ0n) is 19.4. The van der Waals surface area contributed by atoms with E-state index in [-0.39, 0.29) is 23.6 Å². The Labute approximate surface area is 197 Å². The van der Waals surface area contributed by atoms with E-state index in [1.165, 1.54) is 31.3 Å². The van der Waals surface area contributed by atoms with Crippen LogP contribution in [-0.2, 0) is 16.1 Å². The van der Waals surface area contributed by atoms with Crippen LogP contribution in [0.25, 0.3) is 5.57 Å². The summed E-state index contributed by atoms with van der Waals surface area (Å²) in [5.74, 6) is -0.193. The summed E-state index contributed by atoms with van der Waals surface area (Å²) in [6.07, 6.45) is 0. The van der Waals surface area contributed by atoms with Gasteiger partial charge in [0.25, 0.3) is 11.8 Å². The van der Waals surface area contributed by atoms with Gasteiger partial charge in [0, 0.05) is 23.9 Å². The summed E-state index contributed by atoms with van der Waals surface area (Å²) in [6.45, 7) is 3.90.